The van der Waals surface area contributed by atoms with Crippen molar-refractivity contribution >= 4 is 21.8 Å². The average molecular weight is 384 g/mol. The van der Waals surface area contributed by atoms with Gasteiger partial charge in [-0.1, -0.05) is 15.9 Å². The summed E-state index contributed by atoms with van der Waals surface area (Å²) in [6, 6.07) is 7.50. The van der Waals surface area contributed by atoms with Crippen molar-refractivity contribution in [3.05, 3.63) is 28.7 Å². The molecule has 0 saturated carbocycles. The van der Waals surface area contributed by atoms with Gasteiger partial charge in [0.1, 0.15) is 5.75 Å². The molecule has 0 bridgehead atoms. The van der Waals surface area contributed by atoms with Crippen LogP contribution in [0.4, 0.5) is 0 Å². The van der Waals surface area contributed by atoms with Crippen LogP contribution in [0, 0.1) is 0 Å². The molecule has 5 nitrogen and oxygen atoms in total. The van der Waals surface area contributed by atoms with Crippen LogP contribution in [0.5, 0.6) is 5.75 Å². The maximum Gasteiger partial charge on any atom is 0.263 e. The van der Waals surface area contributed by atoms with E-state index in [1.807, 2.05) is 29.2 Å². The van der Waals surface area contributed by atoms with Gasteiger partial charge >= 0.3 is 0 Å². The monoisotopic (exact) mass is 383 g/mol. The summed E-state index contributed by atoms with van der Waals surface area (Å²) >= 11 is 3.39. The van der Waals surface area contributed by atoms with Crippen molar-refractivity contribution in [2.75, 3.05) is 19.8 Å². The number of ether oxygens (including phenoxy) is 3. The predicted molar refractivity (Wildman–Crippen MR) is 89.3 cm³/mol. The normalized spacial score (nSPS) is 23.7. The summed E-state index contributed by atoms with van der Waals surface area (Å²) in [7, 11) is 0. The van der Waals surface area contributed by atoms with Crippen LogP contribution in [0.25, 0.3) is 0 Å². The Hall–Kier alpha value is -1.11. The molecule has 0 radical (unpaired) electrons. The number of likely N-dealkylation sites (tertiary alicyclic amines) is 1. The number of nitrogens with zero attached hydrogens (tertiary/aromatic N) is 1. The zero-order chi connectivity index (χ0) is 16.2. The van der Waals surface area contributed by atoms with Gasteiger partial charge in [0.05, 0.1) is 19.3 Å². The lowest BCUT2D eigenvalue weighted by atomic mass is 10.0. The van der Waals surface area contributed by atoms with Crippen molar-refractivity contribution in [2.45, 2.75) is 44.6 Å². The first-order chi connectivity index (χ1) is 11.1. The summed E-state index contributed by atoms with van der Waals surface area (Å²) in [6.07, 6.45) is 2.21. The highest BCUT2D eigenvalue weighted by Crippen LogP contribution is 2.26. The second-order valence-corrected chi connectivity index (χ2v) is 6.83. The van der Waals surface area contributed by atoms with E-state index < -0.39 is 6.10 Å². The van der Waals surface area contributed by atoms with Crippen LogP contribution in [0.2, 0.25) is 0 Å². The number of carbonyl (C=O) groups is 1. The molecule has 2 aliphatic rings. The molecule has 2 saturated heterocycles. The lowest BCUT2D eigenvalue weighted by molar-refractivity contribution is -0.156. The third kappa shape index (κ3) is 4.05. The quantitative estimate of drug-likeness (QED) is 0.801. The summed E-state index contributed by atoms with van der Waals surface area (Å²) in [5.74, 6) is 0.688. The van der Waals surface area contributed by atoms with Gasteiger partial charge in [0, 0.05) is 11.0 Å². The highest BCUT2D eigenvalue weighted by molar-refractivity contribution is 9.10. The standard InChI is InChI=1S/C17H22BrNO4/c1-12(23-14-7-5-13(18)6-8-14)16(20)19-9-3-2-4-15(19)17-21-10-11-22-17/h5-8,12,15,17H,2-4,9-11H2,1H3. The second-order valence-electron chi connectivity index (χ2n) is 5.92. The smallest absolute Gasteiger partial charge is 0.263 e. The third-order valence-corrected chi connectivity index (χ3v) is 4.80. The molecule has 6 heteroatoms. The SMILES string of the molecule is CC(Oc1ccc(Br)cc1)C(=O)N1CCCCC1C1OCCO1. The average Bonchev–Trinajstić information content (AvgIpc) is 3.10. The molecular weight excluding hydrogens is 362 g/mol. The molecule has 2 heterocycles. The fraction of sp³-hybridized carbons (Fsp3) is 0.588. The largest absolute Gasteiger partial charge is 0.481 e. The van der Waals surface area contributed by atoms with Crippen molar-refractivity contribution in [3.63, 3.8) is 0 Å². The van der Waals surface area contributed by atoms with E-state index in [1.165, 1.54) is 0 Å². The molecule has 1 aromatic rings. The number of carbonyl (C=O) groups excluding carboxylic acids is 1. The van der Waals surface area contributed by atoms with Crippen LogP contribution in [-0.4, -0.2) is 49.0 Å². The fourth-order valence-electron chi connectivity index (χ4n) is 3.11. The summed E-state index contributed by atoms with van der Waals surface area (Å²) in [5.41, 5.74) is 0. The van der Waals surface area contributed by atoms with E-state index in [-0.39, 0.29) is 18.2 Å². The first kappa shape index (κ1) is 16.7. The van der Waals surface area contributed by atoms with Crippen LogP contribution >= 0.6 is 15.9 Å². The molecule has 1 aromatic carbocycles. The van der Waals surface area contributed by atoms with Crippen LogP contribution in [0.3, 0.4) is 0 Å². The van der Waals surface area contributed by atoms with Crippen molar-refractivity contribution < 1.29 is 19.0 Å². The Morgan fingerprint density at radius 2 is 1.96 bits per heavy atom. The molecule has 3 rings (SSSR count). The molecule has 1 amide bonds. The zero-order valence-corrected chi connectivity index (χ0v) is 14.8. The molecule has 2 aliphatic heterocycles. The number of benzene rings is 1. The van der Waals surface area contributed by atoms with Crippen LogP contribution in [-0.2, 0) is 14.3 Å². The lowest BCUT2D eigenvalue weighted by Crippen LogP contribution is -2.53. The summed E-state index contributed by atoms with van der Waals surface area (Å²) in [5, 5.41) is 0. The van der Waals surface area contributed by atoms with Gasteiger partial charge in [-0.2, -0.15) is 0 Å². The third-order valence-electron chi connectivity index (χ3n) is 4.27. The van der Waals surface area contributed by atoms with Gasteiger partial charge in [-0.3, -0.25) is 4.79 Å². The van der Waals surface area contributed by atoms with E-state index in [4.69, 9.17) is 14.2 Å². The highest BCUT2D eigenvalue weighted by atomic mass is 79.9. The minimum atomic E-state index is -0.529. The summed E-state index contributed by atoms with van der Waals surface area (Å²) in [6.45, 7) is 3.75. The molecule has 0 aromatic heterocycles. The topological polar surface area (TPSA) is 48.0 Å². The Kier molecular flexibility index (Phi) is 5.56. The number of hydrogen-bond acceptors (Lipinski definition) is 4. The van der Waals surface area contributed by atoms with Gasteiger partial charge < -0.3 is 19.1 Å². The van der Waals surface area contributed by atoms with E-state index in [2.05, 4.69) is 15.9 Å². The number of rotatable bonds is 4. The van der Waals surface area contributed by atoms with Crippen molar-refractivity contribution in [1.29, 1.82) is 0 Å². The minimum Gasteiger partial charge on any atom is -0.481 e. The summed E-state index contributed by atoms with van der Waals surface area (Å²) < 4.78 is 18.0. The molecule has 23 heavy (non-hydrogen) atoms. The molecule has 0 aliphatic carbocycles. The maximum absolute atomic E-state index is 12.8. The highest BCUT2D eigenvalue weighted by Gasteiger charge is 2.38. The summed E-state index contributed by atoms with van der Waals surface area (Å²) in [4.78, 5) is 14.7. The van der Waals surface area contributed by atoms with E-state index in [0.29, 0.717) is 19.0 Å². The fourth-order valence-corrected chi connectivity index (χ4v) is 3.38. The van der Waals surface area contributed by atoms with Gasteiger partial charge in [-0.05, 0) is 50.5 Å². The molecular formula is C17H22BrNO4. The predicted octanol–water partition coefficient (Wildman–Crippen LogP) is 2.97. The molecule has 0 N–H and O–H groups in total. The number of amides is 1. The Labute approximate surface area is 145 Å². The van der Waals surface area contributed by atoms with Crippen LogP contribution < -0.4 is 4.74 Å². The molecule has 2 unspecified atom stereocenters. The Balaban J connectivity index is 1.65. The Morgan fingerprint density at radius 1 is 1.26 bits per heavy atom. The number of halogens is 1. The minimum absolute atomic E-state index is 0.00304. The van der Waals surface area contributed by atoms with E-state index >= 15 is 0 Å². The van der Waals surface area contributed by atoms with E-state index in [1.54, 1.807) is 6.92 Å². The van der Waals surface area contributed by atoms with Crippen LogP contribution in [0.15, 0.2) is 28.7 Å². The van der Waals surface area contributed by atoms with Crippen molar-refractivity contribution in [2.24, 2.45) is 0 Å². The Morgan fingerprint density at radius 3 is 2.65 bits per heavy atom. The van der Waals surface area contributed by atoms with Gasteiger partial charge in [0.2, 0.25) is 0 Å². The van der Waals surface area contributed by atoms with Gasteiger partial charge in [-0.15, -0.1) is 0 Å². The molecule has 2 fully saturated rings. The van der Waals surface area contributed by atoms with Crippen molar-refractivity contribution in [3.8, 4) is 5.75 Å². The first-order valence-corrected chi connectivity index (χ1v) is 8.90. The Bertz CT molecular complexity index is 530. The lowest BCUT2D eigenvalue weighted by Gasteiger charge is -2.39. The van der Waals surface area contributed by atoms with Crippen LogP contribution in [0.1, 0.15) is 26.2 Å². The van der Waals surface area contributed by atoms with Crippen molar-refractivity contribution in [1.82, 2.24) is 4.90 Å². The van der Waals surface area contributed by atoms with Gasteiger partial charge in [0.25, 0.3) is 5.91 Å². The molecule has 2 atom stereocenters. The van der Waals surface area contributed by atoms with E-state index in [0.717, 1.165) is 30.3 Å². The second kappa shape index (κ2) is 7.64. The zero-order valence-electron chi connectivity index (χ0n) is 13.2. The van der Waals surface area contributed by atoms with Gasteiger partial charge in [-0.25, -0.2) is 0 Å². The van der Waals surface area contributed by atoms with Gasteiger partial charge in [0.15, 0.2) is 12.4 Å². The van der Waals surface area contributed by atoms with E-state index in [9.17, 15) is 4.79 Å². The molecule has 0 spiro atoms. The number of piperidine rings is 1. The maximum atomic E-state index is 12.8. The molecule has 126 valence electrons. The number of hydrogen-bond donors (Lipinski definition) is 0. The first-order valence-electron chi connectivity index (χ1n) is 8.11.